The number of amides is 1. The molecule has 0 saturated heterocycles. The van der Waals surface area contributed by atoms with Gasteiger partial charge in [-0.3, -0.25) is 0 Å². The van der Waals surface area contributed by atoms with E-state index in [1.54, 1.807) is 6.92 Å². The van der Waals surface area contributed by atoms with E-state index in [1.165, 1.54) is 0 Å². The SMILES string of the molecule is CC(NC([O])=O)c1cccc2ccccc12. The normalized spacial score (nSPS) is 12.3. The number of carbonyl (C=O) groups excluding carboxylic acids is 1. The molecular formula is C13H12NO2. The molecule has 1 radical (unpaired) electrons. The van der Waals surface area contributed by atoms with Gasteiger partial charge in [0.2, 0.25) is 0 Å². The van der Waals surface area contributed by atoms with E-state index in [0.29, 0.717) is 0 Å². The Kier molecular flexibility index (Phi) is 2.77. The summed E-state index contributed by atoms with van der Waals surface area (Å²) < 4.78 is 0. The van der Waals surface area contributed by atoms with Gasteiger partial charge in [-0.1, -0.05) is 42.5 Å². The maximum Gasteiger partial charge on any atom is 0.451 e. The lowest BCUT2D eigenvalue weighted by atomic mass is 10.00. The highest BCUT2D eigenvalue weighted by Gasteiger charge is 2.11. The molecule has 0 spiro atoms. The molecule has 0 aliphatic heterocycles. The van der Waals surface area contributed by atoms with Gasteiger partial charge in [0.15, 0.2) is 0 Å². The average Bonchev–Trinajstić information content (AvgIpc) is 2.27. The Bertz CT molecular complexity index is 517. The first-order chi connectivity index (χ1) is 7.68. The van der Waals surface area contributed by atoms with Gasteiger partial charge >= 0.3 is 6.09 Å². The lowest BCUT2D eigenvalue weighted by Gasteiger charge is -2.13. The molecular weight excluding hydrogens is 202 g/mol. The van der Waals surface area contributed by atoms with Gasteiger partial charge in [0.1, 0.15) is 0 Å². The third-order valence-electron chi connectivity index (χ3n) is 2.62. The maximum atomic E-state index is 10.5. The Hall–Kier alpha value is -2.03. The number of fused-ring (bicyclic) bond motifs is 1. The average molecular weight is 214 g/mol. The fourth-order valence-electron chi connectivity index (χ4n) is 1.88. The Morgan fingerprint density at radius 1 is 1.12 bits per heavy atom. The van der Waals surface area contributed by atoms with E-state index < -0.39 is 6.09 Å². The largest absolute Gasteiger partial charge is 0.451 e. The Morgan fingerprint density at radius 3 is 2.56 bits per heavy atom. The smallest absolute Gasteiger partial charge is 0.312 e. The summed E-state index contributed by atoms with van der Waals surface area (Å²) in [4.78, 5) is 10.5. The summed E-state index contributed by atoms with van der Waals surface area (Å²) in [5, 5.41) is 15.0. The van der Waals surface area contributed by atoms with Crippen LogP contribution in [0, 0.1) is 0 Å². The van der Waals surface area contributed by atoms with E-state index >= 15 is 0 Å². The molecule has 0 aliphatic rings. The molecule has 2 aromatic rings. The summed E-state index contributed by atoms with van der Waals surface area (Å²) >= 11 is 0. The van der Waals surface area contributed by atoms with Crippen molar-refractivity contribution in [1.82, 2.24) is 5.32 Å². The summed E-state index contributed by atoms with van der Waals surface area (Å²) in [6, 6.07) is 13.5. The molecule has 16 heavy (non-hydrogen) atoms. The molecule has 1 unspecified atom stereocenters. The van der Waals surface area contributed by atoms with Crippen LogP contribution in [0.1, 0.15) is 18.5 Å². The predicted octanol–water partition coefficient (Wildman–Crippen LogP) is 3.04. The van der Waals surface area contributed by atoms with Crippen LogP contribution in [0.5, 0.6) is 0 Å². The number of hydrogen-bond donors (Lipinski definition) is 1. The first-order valence-electron chi connectivity index (χ1n) is 5.13. The first kappa shape index (κ1) is 10.5. The van der Waals surface area contributed by atoms with Crippen LogP contribution in [0.15, 0.2) is 42.5 Å². The molecule has 3 nitrogen and oxygen atoms in total. The fraction of sp³-hybridized carbons (Fsp3) is 0.154. The molecule has 0 bridgehead atoms. The Balaban J connectivity index is 2.47. The topological polar surface area (TPSA) is 49.0 Å². The summed E-state index contributed by atoms with van der Waals surface area (Å²) in [6.07, 6.45) is -1.25. The Labute approximate surface area is 93.7 Å². The van der Waals surface area contributed by atoms with Gasteiger partial charge in [-0.2, -0.15) is 0 Å². The summed E-state index contributed by atoms with van der Waals surface area (Å²) in [5.74, 6) is 0. The molecule has 0 saturated carbocycles. The van der Waals surface area contributed by atoms with Crippen molar-refractivity contribution in [2.24, 2.45) is 0 Å². The van der Waals surface area contributed by atoms with Gasteiger partial charge in [0, 0.05) is 0 Å². The predicted molar refractivity (Wildman–Crippen MR) is 61.6 cm³/mol. The lowest BCUT2D eigenvalue weighted by molar-refractivity contribution is 0.165. The van der Waals surface area contributed by atoms with Crippen molar-refractivity contribution in [3.63, 3.8) is 0 Å². The molecule has 81 valence electrons. The number of hydrogen-bond acceptors (Lipinski definition) is 1. The molecule has 0 fully saturated rings. The first-order valence-corrected chi connectivity index (χ1v) is 5.13. The van der Waals surface area contributed by atoms with Crippen molar-refractivity contribution in [2.75, 3.05) is 0 Å². The van der Waals surface area contributed by atoms with E-state index in [2.05, 4.69) is 5.32 Å². The van der Waals surface area contributed by atoms with Gasteiger partial charge < -0.3 is 5.32 Å². The molecule has 0 heterocycles. The van der Waals surface area contributed by atoms with Crippen molar-refractivity contribution in [1.29, 1.82) is 0 Å². The van der Waals surface area contributed by atoms with Crippen LogP contribution in [-0.2, 0) is 5.11 Å². The lowest BCUT2D eigenvalue weighted by Crippen LogP contribution is -2.23. The molecule has 2 aromatic carbocycles. The highest BCUT2D eigenvalue weighted by atomic mass is 16.4. The van der Waals surface area contributed by atoms with Crippen LogP contribution < -0.4 is 5.32 Å². The maximum absolute atomic E-state index is 10.5. The van der Waals surface area contributed by atoms with E-state index in [9.17, 15) is 9.90 Å². The van der Waals surface area contributed by atoms with Crippen LogP contribution in [0.2, 0.25) is 0 Å². The zero-order chi connectivity index (χ0) is 11.5. The van der Waals surface area contributed by atoms with Gasteiger partial charge in [-0.15, -0.1) is 0 Å². The zero-order valence-corrected chi connectivity index (χ0v) is 8.94. The second-order valence-corrected chi connectivity index (χ2v) is 3.72. The van der Waals surface area contributed by atoms with Crippen LogP contribution in [-0.4, -0.2) is 6.09 Å². The summed E-state index contributed by atoms with van der Waals surface area (Å²) in [5.41, 5.74) is 0.960. The number of benzene rings is 2. The van der Waals surface area contributed by atoms with Crippen molar-refractivity contribution in [3.8, 4) is 0 Å². The zero-order valence-electron chi connectivity index (χ0n) is 8.94. The minimum atomic E-state index is -1.25. The van der Waals surface area contributed by atoms with Crippen molar-refractivity contribution in [2.45, 2.75) is 13.0 Å². The molecule has 1 amide bonds. The fourth-order valence-corrected chi connectivity index (χ4v) is 1.88. The molecule has 3 heteroatoms. The van der Waals surface area contributed by atoms with Crippen LogP contribution in [0.25, 0.3) is 10.8 Å². The van der Waals surface area contributed by atoms with Crippen molar-refractivity contribution < 1.29 is 9.90 Å². The third-order valence-corrected chi connectivity index (χ3v) is 2.62. The molecule has 1 N–H and O–H groups in total. The number of nitrogens with one attached hydrogen (secondary N) is 1. The molecule has 1 atom stereocenters. The molecule has 0 aliphatic carbocycles. The minimum absolute atomic E-state index is 0.268. The second kappa shape index (κ2) is 4.23. The highest BCUT2D eigenvalue weighted by Crippen LogP contribution is 2.23. The molecule has 2 rings (SSSR count). The quantitative estimate of drug-likeness (QED) is 0.820. The third kappa shape index (κ3) is 1.98. The number of carbonyl (C=O) groups is 1. The van der Waals surface area contributed by atoms with Crippen LogP contribution >= 0.6 is 0 Å². The molecule has 0 aromatic heterocycles. The van der Waals surface area contributed by atoms with Crippen LogP contribution in [0.3, 0.4) is 0 Å². The monoisotopic (exact) mass is 214 g/mol. The van der Waals surface area contributed by atoms with Gasteiger partial charge in [-0.25, -0.2) is 9.90 Å². The van der Waals surface area contributed by atoms with Gasteiger partial charge in [-0.05, 0) is 23.3 Å². The number of rotatable bonds is 2. The Morgan fingerprint density at radius 2 is 1.81 bits per heavy atom. The van der Waals surface area contributed by atoms with E-state index in [0.717, 1.165) is 16.3 Å². The van der Waals surface area contributed by atoms with Crippen LogP contribution in [0.4, 0.5) is 4.79 Å². The minimum Gasteiger partial charge on any atom is -0.312 e. The standard InChI is InChI=1S/C13H12NO2/c1-9(14-13(15)16)11-8-4-6-10-5-2-3-7-12(10)11/h2-9,14H,1H3. The van der Waals surface area contributed by atoms with E-state index in [-0.39, 0.29) is 6.04 Å². The highest BCUT2D eigenvalue weighted by molar-refractivity contribution is 5.86. The van der Waals surface area contributed by atoms with E-state index in [1.807, 2.05) is 42.5 Å². The van der Waals surface area contributed by atoms with Crippen molar-refractivity contribution >= 4 is 16.9 Å². The van der Waals surface area contributed by atoms with Crippen molar-refractivity contribution in [3.05, 3.63) is 48.0 Å². The van der Waals surface area contributed by atoms with E-state index in [4.69, 9.17) is 0 Å². The van der Waals surface area contributed by atoms with Gasteiger partial charge in [0.05, 0.1) is 6.04 Å². The summed E-state index contributed by atoms with van der Waals surface area (Å²) in [7, 11) is 0. The second-order valence-electron chi connectivity index (χ2n) is 3.72. The van der Waals surface area contributed by atoms with Gasteiger partial charge in [0.25, 0.3) is 0 Å². The summed E-state index contributed by atoms with van der Waals surface area (Å²) in [6.45, 7) is 1.80.